The van der Waals surface area contributed by atoms with Gasteiger partial charge in [-0.3, -0.25) is 9.48 Å². The van der Waals surface area contributed by atoms with Gasteiger partial charge in [0.2, 0.25) is 0 Å². The van der Waals surface area contributed by atoms with Crippen LogP contribution in [-0.4, -0.2) is 35.4 Å². The summed E-state index contributed by atoms with van der Waals surface area (Å²) in [6, 6.07) is 8.76. The summed E-state index contributed by atoms with van der Waals surface area (Å²) in [4.78, 5) is 11.8. The van der Waals surface area contributed by atoms with Crippen LogP contribution in [0, 0.1) is 11.3 Å². The van der Waals surface area contributed by atoms with Crippen molar-refractivity contribution in [2.45, 2.75) is 19.9 Å². The topological polar surface area (TPSA) is 89.2 Å². The number of carbonyl (C=O) groups is 1. The van der Waals surface area contributed by atoms with Crippen LogP contribution in [0.3, 0.4) is 0 Å². The van der Waals surface area contributed by atoms with Gasteiger partial charge in [-0.15, -0.1) is 0 Å². The van der Waals surface area contributed by atoms with Crippen LogP contribution in [0.25, 0.3) is 0 Å². The summed E-state index contributed by atoms with van der Waals surface area (Å²) in [5.41, 5.74) is 0.480. The van der Waals surface area contributed by atoms with Crippen LogP contribution in [-0.2, 0) is 11.3 Å². The summed E-state index contributed by atoms with van der Waals surface area (Å²) in [5, 5.41) is 15.8. The van der Waals surface area contributed by atoms with E-state index in [2.05, 4.69) is 10.4 Å². The molecule has 0 saturated carbocycles. The van der Waals surface area contributed by atoms with Gasteiger partial charge in [-0.25, -0.2) is 0 Å². The highest BCUT2D eigenvalue weighted by molar-refractivity contribution is 5.77. The average molecular weight is 328 g/mol. The Kier molecular flexibility index (Phi) is 6.65. The van der Waals surface area contributed by atoms with Crippen LogP contribution in [0.1, 0.15) is 18.9 Å². The van der Waals surface area contributed by atoms with Gasteiger partial charge in [0.15, 0.2) is 18.1 Å². The molecule has 0 aliphatic heterocycles. The fourth-order valence-corrected chi connectivity index (χ4v) is 2.06. The minimum Gasteiger partial charge on any atom is -0.490 e. The van der Waals surface area contributed by atoms with E-state index in [1.54, 1.807) is 24.4 Å². The quantitative estimate of drug-likeness (QED) is 0.708. The second-order valence-corrected chi connectivity index (χ2v) is 4.97. The molecule has 0 aliphatic carbocycles. The highest BCUT2D eigenvalue weighted by Gasteiger charge is 2.09. The molecule has 0 aliphatic rings. The molecule has 0 unspecified atom stereocenters. The molecule has 2 rings (SSSR count). The Morgan fingerprint density at radius 3 is 2.96 bits per heavy atom. The van der Waals surface area contributed by atoms with E-state index < -0.39 is 0 Å². The third-order valence-corrected chi connectivity index (χ3v) is 3.18. The van der Waals surface area contributed by atoms with Crippen molar-refractivity contribution in [2.75, 3.05) is 19.8 Å². The van der Waals surface area contributed by atoms with Crippen molar-refractivity contribution >= 4 is 5.91 Å². The van der Waals surface area contributed by atoms with Gasteiger partial charge in [0, 0.05) is 31.5 Å². The predicted molar refractivity (Wildman–Crippen MR) is 87.7 cm³/mol. The molecule has 0 bridgehead atoms. The van der Waals surface area contributed by atoms with Crippen LogP contribution in [0.15, 0.2) is 36.7 Å². The van der Waals surface area contributed by atoms with Crippen LogP contribution < -0.4 is 14.8 Å². The van der Waals surface area contributed by atoms with Gasteiger partial charge >= 0.3 is 0 Å². The van der Waals surface area contributed by atoms with Gasteiger partial charge < -0.3 is 14.8 Å². The smallest absolute Gasteiger partial charge is 0.257 e. The van der Waals surface area contributed by atoms with Gasteiger partial charge in [0.1, 0.15) is 0 Å². The molecule has 0 fully saturated rings. The van der Waals surface area contributed by atoms with Crippen LogP contribution in [0.2, 0.25) is 0 Å². The molecule has 1 aromatic heterocycles. The SMILES string of the molecule is CCOc1cc(C#N)ccc1OCC(=O)NCCCn1cccn1. The van der Waals surface area contributed by atoms with Crippen molar-refractivity contribution < 1.29 is 14.3 Å². The summed E-state index contributed by atoms with van der Waals surface area (Å²) in [5.74, 6) is 0.702. The lowest BCUT2D eigenvalue weighted by atomic mass is 10.2. The number of aryl methyl sites for hydroxylation is 1. The van der Waals surface area contributed by atoms with Crippen molar-refractivity contribution in [1.82, 2.24) is 15.1 Å². The number of nitrogens with zero attached hydrogens (tertiary/aromatic N) is 3. The first kappa shape index (κ1) is 17.3. The van der Waals surface area contributed by atoms with Gasteiger partial charge in [-0.1, -0.05) is 0 Å². The summed E-state index contributed by atoms with van der Waals surface area (Å²) in [7, 11) is 0. The third-order valence-electron chi connectivity index (χ3n) is 3.18. The van der Waals surface area contributed by atoms with E-state index in [0.717, 1.165) is 13.0 Å². The van der Waals surface area contributed by atoms with E-state index >= 15 is 0 Å². The van der Waals surface area contributed by atoms with E-state index in [-0.39, 0.29) is 12.5 Å². The van der Waals surface area contributed by atoms with Gasteiger partial charge in [0.05, 0.1) is 18.2 Å². The number of rotatable bonds is 9. The zero-order valence-corrected chi connectivity index (χ0v) is 13.6. The Labute approximate surface area is 140 Å². The molecule has 126 valence electrons. The minimum absolute atomic E-state index is 0.103. The lowest BCUT2D eigenvalue weighted by molar-refractivity contribution is -0.123. The molecule has 1 aromatic carbocycles. The zero-order chi connectivity index (χ0) is 17.2. The van der Waals surface area contributed by atoms with Crippen LogP contribution >= 0.6 is 0 Å². The summed E-state index contributed by atoms with van der Waals surface area (Å²) in [6.07, 6.45) is 4.39. The zero-order valence-electron chi connectivity index (χ0n) is 13.6. The number of carbonyl (C=O) groups excluding carboxylic acids is 1. The Morgan fingerprint density at radius 2 is 2.25 bits per heavy atom. The monoisotopic (exact) mass is 328 g/mol. The number of amides is 1. The van der Waals surface area contributed by atoms with Crippen molar-refractivity contribution in [3.63, 3.8) is 0 Å². The molecule has 24 heavy (non-hydrogen) atoms. The predicted octanol–water partition coefficient (Wildman–Crippen LogP) is 1.74. The molecule has 7 heteroatoms. The molecule has 0 saturated heterocycles. The van der Waals surface area contributed by atoms with Gasteiger partial charge in [0.25, 0.3) is 5.91 Å². The molecule has 1 heterocycles. The molecule has 1 N–H and O–H groups in total. The Hall–Kier alpha value is -3.01. The molecular formula is C17H20N4O3. The van der Waals surface area contributed by atoms with Gasteiger partial charge in [-0.05, 0) is 31.5 Å². The third kappa shape index (κ3) is 5.32. The number of ether oxygens (including phenoxy) is 2. The highest BCUT2D eigenvalue weighted by atomic mass is 16.5. The molecule has 7 nitrogen and oxygen atoms in total. The number of hydrogen-bond acceptors (Lipinski definition) is 5. The Bertz CT molecular complexity index is 692. The molecule has 1 amide bonds. The number of aromatic nitrogens is 2. The van der Waals surface area contributed by atoms with Crippen molar-refractivity contribution in [2.24, 2.45) is 0 Å². The minimum atomic E-state index is -0.206. The summed E-state index contributed by atoms with van der Waals surface area (Å²) < 4.78 is 12.7. The maximum Gasteiger partial charge on any atom is 0.257 e. The second kappa shape index (κ2) is 9.20. The van der Waals surface area contributed by atoms with E-state index in [0.29, 0.717) is 30.2 Å². The van der Waals surface area contributed by atoms with Gasteiger partial charge in [-0.2, -0.15) is 10.4 Å². The van der Waals surface area contributed by atoms with E-state index in [9.17, 15) is 4.79 Å². The maximum atomic E-state index is 11.8. The van der Waals surface area contributed by atoms with Crippen molar-refractivity contribution in [3.05, 3.63) is 42.2 Å². The number of nitriles is 1. The lowest BCUT2D eigenvalue weighted by Gasteiger charge is -2.12. The summed E-state index contributed by atoms with van der Waals surface area (Å²) >= 11 is 0. The van der Waals surface area contributed by atoms with E-state index in [1.807, 2.05) is 29.9 Å². The largest absolute Gasteiger partial charge is 0.490 e. The summed E-state index contributed by atoms with van der Waals surface area (Å²) in [6.45, 7) is 3.49. The Morgan fingerprint density at radius 1 is 1.38 bits per heavy atom. The highest BCUT2D eigenvalue weighted by Crippen LogP contribution is 2.28. The first-order chi connectivity index (χ1) is 11.7. The lowest BCUT2D eigenvalue weighted by Crippen LogP contribution is -2.30. The number of nitrogens with one attached hydrogen (secondary N) is 1. The maximum absolute atomic E-state index is 11.8. The fraction of sp³-hybridized carbons (Fsp3) is 0.353. The van der Waals surface area contributed by atoms with E-state index in [4.69, 9.17) is 14.7 Å². The van der Waals surface area contributed by atoms with Crippen molar-refractivity contribution in [3.8, 4) is 17.6 Å². The number of hydrogen-bond donors (Lipinski definition) is 1. The molecule has 0 atom stereocenters. The second-order valence-electron chi connectivity index (χ2n) is 4.97. The van der Waals surface area contributed by atoms with Crippen LogP contribution in [0.4, 0.5) is 0 Å². The Balaban J connectivity index is 1.75. The van der Waals surface area contributed by atoms with Crippen LogP contribution in [0.5, 0.6) is 11.5 Å². The average Bonchev–Trinajstić information content (AvgIpc) is 3.11. The first-order valence-corrected chi connectivity index (χ1v) is 7.76. The molecular weight excluding hydrogens is 308 g/mol. The molecule has 0 spiro atoms. The molecule has 0 radical (unpaired) electrons. The number of benzene rings is 1. The standard InChI is InChI=1S/C17H20N4O3/c1-2-23-16-11-14(12-18)5-6-15(16)24-13-17(22)19-7-3-9-21-10-4-8-20-21/h4-6,8,10-11H,2-3,7,9,13H2,1H3,(H,19,22). The fourth-order valence-electron chi connectivity index (χ4n) is 2.06. The molecule has 2 aromatic rings. The van der Waals surface area contributed by atoms with E-state index in [1.165, 1.54) is 0 Å². The van der Waals surface area contributed by atoms with Crippen molar-refractivity contribution in [1.29, 1.82) is 5.26 Å². The first-order valence-electron chi connectivity index (χ1n) is 7.76. The normalized spacial score (nSPS) is 10.0.